The van der Waals surface area contributed by atoms with Crippen LogP contribution in [0.1, 0.15) is 110 Å². The van der Waals surface area contributed by atoms with Gasteiger partial charge in [-0.15, -0.1) is 0 Å². The number of ether oxygens (including phenoxy) is 7. The molecule has 1 fully saturated rings. The fourth-order valence-corrected chi connectivity index (χ4v) is 7.27. The van der Waals surface area contributed by atoms with E-state index in [-0.39, 0.29) is 52.5 Å². The zero-order valence-electron chi connectivity index (χ0n) is 36.7. The molecule has 1 aliphatic carbocycles. The lowest BCUT2D eigenvalue weighted by Crippen LogP contribution is -2.41. The lowest BCUT2D eigenvalue weighted by atomic mass is 9.80. The lowest BCUT2D eigenvalue weighted by Gasteiger charge is -2.32. The number of unbranched alkanes of at least 4 members (excludes halogenated alkanes) is 2. The molecule has 0 unspecified atom stereocenters. The summed E-state index contributed by atoms with van der Waals surface area (Å²) >= 11 is 0. The first kappa shape index (κ1) is 49.8. The quantitative estimate of drug-likeness (QED) is 0.0244. The number of carbonyl (C=O) groups excluding carboxylic acids is 5. The molecule has 3 rings (SSSR count). The smallest absolute Gasteiger partial charge is 0.374 e. The predicted molar refractivity (Wildman–Crippen MR) is 229 cm³/mol. The van der Waals surface area contributed by atoms with Crippen molar-refractivity contribution in [3.8, 4) is 22.6 Å². The van der Waals surface area contributed by atoms with Crippen LogP contribution in [0.3, 0.4) is 0 Å². The van der Waals surface area contributed by atoms with E-state index in [9.17, 15) is 24.0 Å². The fourth-order valence-electron chi connectivity index (χ4n) is 7.27. The molecule has 0 spiro atoms. The van der Waals surface area contributed by atoms with E-state index in [2.05, 4.69) is 13.5 Å². The van der Waals surface area contributed by atoms with Gasteiger partial charge in [0.2, 0.25) is 11.6 Å². The van der Waals surface area contributed by atoms with Crippen LogP contribution in [0.25, 0.3) is 11.1 Å². The Hall–Kier alpha value is -4.55. The number of hydrogen-bond donors (Lipinski definition) is 0. The van der Waals surface area contributed by atoms with Crippen LogP contribution < -0.4 is 9.47 Å². The van der Waals surface area contributed by atoms with Gasteiger partial charge in [0.25, 0.3) is 0 Å². The summed E-state index contributed by atoms with van der Waals surface area (Å²) in [6, 6.07) is 13.9. The average molecular weight is 837 g/mol. The third kappa shape index (κ3) is 17.6. The van der Waals surface area contributed by atoms with Gasteiger partial charge in [-0.05, 0) is 91.8 Å². The van der Waals surface area contributed by atoms with Gasteiger partial charge in [0, 0.05) is 32.6 Å². The Morgan fingerprint density at radius 1 is 0.667 bits per heavy atom. The SMILES string of the molecule is C=C(C)C(=O)OCCCc1cc(-c2ccc(OCC3CCC(CCCCC)CC3)cc2)ccc1OCC(CCC)(COC(=O)C(=O)CCOC)COC(=O)C(=O)CCOC. The van der Waals surface area contributed by atoms with Gasteiger partial charge < -0.3 is 33.2 Å². The van der Waals surface area contributed by atoms with E-state index in [1.807, 2.05) is 49.4 Å². The highest BCUT2D eigenvalue weighted by Gasteiger charge is 2.36. The van der Waals surface area contributed by atoms with E-state index in [0.29, 0.717) is 42.9 Å². The number of benzene rings is 2. The average Bonchev–Trinajstić information content (AvgIpc) is 3.26. The van der Waals surface area contributed by atoms with Crippen LogP contribution in [0.4, 0.5) is 0 Å². The largest absolute Gasteiger partial charge is 0.493 e. The molecule has 60 heavy (non-hydrogen) atoms. The molecule has 332 valence electrons. The molecule has 2 aromatic carbocycles. The monoisotopic (exact) mass is 836 g/mol. The lowest BCUT2D eigenvalue weighted by molar-refractivity contribution is -0.164. The molecular formula is C48H68O12. The maximum Gasteiger partial charge on any atom is 0.374 e. The van der Waals surface area contributed by atoms with Gasteiger partial charge in [0.1, 0.15) is 31.3 Å². The molecule has 1 aliphatic rings. The summed E-state index contributed by atoms with van der Waals surface area (Å²) < 4.78 is 38.9. The van der Waals surface area contributed by atoms with Crippen LogP contribution in [-0.4, -0.2) is 89.9 Å². The highest BCUT2D eigenvalue weighted by Crippen LogP contribution is 2.34. The third-order valence-electron chi connectivity index (χ3n) is 10.9. The van der Waals surface area contributed by atoms with Gasteiger partial charge in [0.05, 0.1) is 31.8 Å². The van der Waals surface area contributed by atoms with Gasteiger partial charge in [-0.1, -0.05) is 83.6 Å². The zero-order valence-corrected chi connectivity index (χ0v) is 36.7. The van der Waals surface area contributed by atoms with E-state index in [1.165, 1.54) is 65.6 Å². The molecule has 0 radical (unpaired) electrons. The maximum atomic E-state index is 12.7. The van der Waals surface area contributed by atoms with Gasteiger partial charge in [-0.3, -0.25) is 9.59 Å². The first-order chi connectivity index (χ1) is 28.9. The van der Waals surface area contributed by atoms with E-state index in [4.69, 9.17) is 33.2 Å². The number of Topliss-reactive ketones (excluding diaryl/α,β-unsaturated/α-hetero) is 2. The molecule has 0 aromatic heterocycles. The predicted octanol–water partition coefficient (Wildman–Crippen LogP) is 8.63. The maximum absolute atomic E-state index is 12.7. The van der Waals surface area contributed by atoms with Crippen molar-refractivity contribution in [2.75, 3.05) is 60.5 Å². The fraction of sp³-hybridized carbons (Fsp3) is 0.604. The van der Waals surface area contributed by atoms with Gasteiger partial charge in [-0.25, -0.2) is 14.4 Å². The van der Waals surface area contributed by atoms with Crippen molar-refractivity contribution in [1.82, 2.24) is 0 Å². The standard InChI is InChI=1S/C48H68O12/c1-7-9-10-12-36-14-16-37(17-15-36)31-57-41-21-18-38(19-22-41)39-20-23-44(40(30-39)13-11-27-56-45(51)35(3)4)58-32-48(26-8-2,33-59-46(52)42(49)24-28-54-5)34-60-47(53)43(50)25-29-55-6/h18-23,30,36-37H,3,7-17,24-29,31-34H2,1-2,4-6H3. The number of methoxy groups -OCH3 is 2. The number of rotatable bonds is 30. The Kier molecular flexibility index (Phi) is 22.7. The van der Waals surface area contributed by atoms with Crippen molar-refractivity contribution in [1.29, 1.82) is 0 Å². The van der Waals surface area contributed by atoms with Crippen molar-refractivity contribution >= 4 is 29.5 Å². The summed E-state index contributed by atoms with van der Waals surface area (Å²) in [6.07, 6.45) is 11.9. The van der Waals surface area contributed by atoms with E-state index >= 15 is 0 Å². The van der Waals surface area contributed by atoms with Crippen LogP contribution in [0.5, 0.6) is 11.5 Å². The van der Waals surface area contributed by atoms with E-state index in [1.54, 1.807) is 6.92 Å². The highest BCUT2D eigenvalue weighted by molar-refractivity contribution is 6.34. The van der Waals surface area contributed by atoms with E-state index in [0.717, 1.165) is 35.0 Å². The Bertz CT molecular complexity index is 1620. The minimum Gasteiger partial charge on any atom is -0.493 e. The van der Waals surface area contributed by atoms with Crippen LogP contribution in [0, 0.1) is 17.3 Å². The molecule has 2 aromatic rings. The normalized spacial score (nSPS) is 15.2. The summed E-state index contributed by atoms with van der Waals surface area (Å²) in [4.78, 5) is 62.3. The molecule has 0 N–H and O–H groups in total. The number of aryl methyl sites for hydroxylation is 1. The second-order valence-corrected chi connectivity index (χ2v) is 16.1. The molecule has 0 aliphatic heterocycles. The number of ketones is 2. The molecule has 12 nitrogen and oxygen atoms in total. The second kappa shape index (κ2) is 27.3. The summed E-state index contributed by atoms with van der Waals surface area (Å²) in [5.74, 6) is -1.26. The summed E-state index contributed by atoms with van der Waals surface area (Å²) in [7, 11) is 2.85. The first-order valence-corrected chi connectivity index (χ1v) is 21.6. The molecule has 0 heterocycles. The number of hydrogen-bond acceptors (Lipinski definition) is 12. The molecular weight excluding hydrogens is 769 g/mol. The van der Waals surface area contributed by atoms with E-state index < -0.39 is 34.9 Å². The van der Waals surface area contributed by atoms with Gasteiger partial charge in [0.15, 0.2) is 0 Å². The zero-order chi connectivity index (χ0) is 43.8. The second-order valence-electron chi connectivity index (χ2n) is 16.1. The minimum atomic E-state index is -1.11. The Morgan fingerprint density at radius 2 is 1.27 bits per heavy atom. The van der Waals surface area contributed by atoms with Crippen molar-refractivity contribution in [3.05, 3.63) is 60.2 Å². The molecule has 12 heteroatoms. The first-order valence-electron chi connectivity index (χ1n) is 21.6. The van der Waals surface area contributed by atoms with Crippen LogP contribution >= 0.6 is 0 Å². The number of carbonyl (C=O) groups is 5. The molecule has 1 saturated carbocycles. The molecule has 0 atom stereocenters. The third-order valence-corrected chi connectivity index (χ3v) is 10.9. The van der Waals surface area contributed by atoms with Gasteiger partial charge >= 0.3 is 17.9 Å². The Morgan fingerprint density at radius 3 is 1.83 bits per heavy atom. The summed E-state index contributed by atoms with van der Waals surface area (Å²) in [6.45, 7) is 9.72. The molecule has 0 bridgehead atoms. The van der Waals surface area contributed by atoms with Crippen molar-refractivity contribution in [2.45, 2.75) is 111 Å². The van der Waals surface area contributed by atoms with Gasteiger partial charge in [-0.2, -0.15) is 0 Å². The van der Waals surface area contributed by atoms with Crippen molar-refractivity contribution < 1.29 is 57.1 Å². The van der Waals surface area contributed by atoms with Crippen molar-refractivity contribution in [3.63, 3.8) is 0 Å². The number of esters is 3. The van der Waals surface area contributed by atoms with Crippen LogP contribution in [-0.2, 0) is 54.1 Å². The van der Waals surface area contributed by atoms with Crippen LogP contribution in [0.15, 0.2) is 54.6 Å². The van der Waals surface area contributed by atoms with Crippen LogP contribution in [0.2, 0.25) is 0 Å². The summed E-state index contributed by atoms with van der Waals surface area (Å²) in [5.41, 5.74) is 1.95. The Balaban J connectivity index is 1.80. The topological polar surface area (TPSA) is 150 Å². The molecule has 0 saturated heterocycles. The highest BCUT2D eigenvalue weighted by atomic mass is 16.6. The van der Waals surface area contributed by atoms with Crippen molar-refractivity contribution in [2.24, 2.45) is 17.3 Å². The Labute approximate surface area is 357 Å². The molecule has 0 amide bonds. The minimum absolute atomic E-state index is 0.0571. The summed E-state index contributed by atoms with van der Waals surface area (Å²) in [5, 5.41) is 0.